The van der Waals surface area contributed by atoms with Crippen molar-refractivity contribution in [1.82, 2.24) is 19.9 Å². The first-order valence-corrected chi connectivity index (χ1v) is 8.96. The van der Waals surface area contributed by atoms with Gasteiger partial charge in [-0.2, -0.15) is 9.61 Å². The minimum absolute atomic E-state index is 0.00133. The number of alkyl halides is 2. The zero-order valence-corrected chi connectivity index (χ0v) is 16.5. The van der Waals surface area contributed by atoms with Gasteiger partial charge in [0, 0.05) is 19.5 Å². The molecule has 1 atom stereocenters. The number of ether oxygens (including phenoxy) is 1. The normalized spacial score (nSPS) is 18.5. The number of hydrogen-bond donors (Lipinski definition) is 1. The van der Waals surface area contributed by atoms with Gasteiger partial charge in [0.15, 0.2) is 5.65 Å². The largest absolute Gasteiger partial charge is 0.443 e. The maximum Gasteiger partial charge on any atom is 0.415 e. The van der Waals surface area contributed by atoms with Crippen LogP contribution in [0.3, 0.4) is 0 Å². The third kappa shape index (κ3) is 3.87. The lowest BCUT2D eigenvalue weighted by Crippen LogP contribution is -2.55. The summed E-state index contributed by atoms with van der Waals surface area (Å²) in [5, 5.41) is 6.36. The summed E-state index contributed by atoms with van der Waals surface area (Å²) in [6.45, 7) is 5.17. The number of nitrogens with zero attached hydrogens (tertiary/aromatic N) is 4. The monoisotopic (exact) mass is 415 g/mol. The van der Waals surface area contributed by atoms with Crippen molar-refractivity contribution in [3.8, 4) is 0 Å². The van der Waals surface area contributed by atoms with Crippen molar-refractivity contribution in [2.45, 2.75) is 51.2 Å². The molecule has 3 rings (SSSR count). The summed E-state index contributed by atoms with van der Waals surface area (Å²) in [5.41, 5.74) is -0.702. The molecule has 0 bridgehead atoms. The summed E-state index contributed by atoms with van der Waals surface area (Å²) in [4.78, 5) is 30.0. The zero-order valence-electron chi connectivity index (χ0n) is 15.8. The second kappa shape index (κ2) is 6.84. The molecule has 0 aromatic carbocycles. The number of carbonyl (C=O) groups excluding carboxylic acids is 2. The Kier molecular flexibility index (Phi) is 4.95. The molecular formula is C17H20ClF2N5O3. The lowest BCUT2D eigenvalue weighted by Gasteiger charge is -2.36. The summed E-state index contributed by atoms with van der Waals surface area (Å²) < 4.78 is 33.4. The standard InChI is InChI=1S/C17H20ClF2N5O3/c1-16(2,3)28-15(27)24(4)12-7-11(18)23-13-9(8-21-25(12)13)14(26)22-10-5-6-17(10,19)20/h7-8,10H,5-6H2,1-4H3,(H,22,26). The van der Waals surface area contributed by atoms with E-state index in [-0.39, 0.29) is 35.0 Å². The smallest absolute Gasteiger partial charge is 0.415 e. The average Bonchev–Trinajstić information content (AvgIpc) is 2.99. The molecular weight excluding hydrogens is 396 g/mol. The number of aromatic nitrogens is 3. The molecule has 28 heavy (non-hydrogen) atoms. The van der Waals surface area contributed by atoms with Gasteiger partial charge in [0.1, 0.15) is 22.1 Å². The van der Waals surface area contributed by atoms with Crippen LogP contribution < -0.4 is 10.2 Å². The predicted octanol–water partition coefficient (Wildman–Crippen LogP) is 3.28. The molecule has 0 aliphatic heterocycles. The Balaban J connectivity index is 1.92. The van der Waals surface area contributed by atoms with Gasteiger partial charge in [-0.15, -0.1) is 0 Å². The van der Waals surface area contributed by atoms with Gasteiger partial charge in [-0.25, -0.2) is 18.6 Å². The summed E-state index contributed by atoms with van der Waals surface area (Å²) in [5.74, 6) is -3.46. The van der Waals surface area contributed by atoms with E-state index in [0.29, 0.717) is 0 Å². The SMILES string of the molecule is CN(C(=O)OC(C)(C)C)c1cc(Cl)nc2c(C(=O)NC3CCC3(F)F)cnn12. The molecule has 1 aliphatic rings. The Morgan fingerprint density at radius 3 is 2.64 bits per heavy atom. The Bertz CT molecular complexity index is 941. The van der Waals surface area contributed by atoms with Crippen LogP contribution in [-0.2, 0) is 4.74 Å². The summed E-state index contributed by atoms with van der Waals surface area (Å²) >= 11 is 6.05. The van der Waals surface area contributed by atoms with Gasteiger partial charge in [0.05, 0.1) is 12.2 Å². The van der Waals surface area contributed by atoms with Gasteiger partial charge >= 0.3 is 6.09 Å². The summed E-state index contributed by atoms with van der Waals surface area (Å²) in [6.07, 6.45) is 0.462. The second-order valence-electron chi connectivity index (χ2n) is 7.60. The number of carbonyl (C=O) groups is 2. The molecule has 1 unspecified atom stereocenters. The maximum atomic E-state index is 13.4. The first kappa shape index (κ1) is 20.2. The van der Waals surface area contributed by atoms with Crippen molar-refractivity contribution in [1.29, 1.82) is 0 Å². The molecule has 2 aromatic heterocycles. The first-order valence-electron chi connectivity index (χ1n) is 8.59. The molecule has 2 aromatic rings. The van der Waals surface area contributed by atoms with E-state index in [0.717, 1.165) is 0 Å². The highest BCUT2D eigenvalue weighted by Crippen LogP contribution is 2.37. The molecule has 152 valence electrons. The van der Waals surface area contributed by atoms with Crippen molar-refractivity contribution in [3.63, 3.8) is 0 Å². The maximum absolute atomic E-state index is 13.4. The Morgan fingerprint density at radius 1 is 1.43 bits per heavy atom. The number of hydrogen-bond acceptors (Lipinski definition) is 5. The molecule has 11 heteroatoms. The second-order valence-corrected chi connectivity index (χ2v) is 7.98. The lowest BCUT2D eigenvalue weighted by atomic mass is 9.88. The highest BCUT2D eigenvalue weighted by atomic mass is 35.5. The van der Waals surface area contributed by atoms with Crippen molar-refractivity contribution in [3.05, 3.63) is 23.0 Å². The molecule has 2 heterocycles. The van der Waals surface area contributed by atoms with Crippen molar-refractivity contribution in [2.24, 2.45) is 0 Å². The molecule has 0 radical (unpaired) electrons. The third-order valence-corrected chi connectivity index (χ3v) is 4.45. The van der Waals surface area contributed by atoms with Crippen molar-refractivity contribution < 1.29 is 23.1 Å². The van der Waals surface area contributed by atoms with E-state index < -0.39 is 29.6 Å². The lowest BCUT2D eigenvalue weighted by molar-refractivity contribution is -0.102. The van der Waals surface area contributed by atoms with Gasteiger partial charge < -0.3 is 10.1 Å². The predicted molar refractivity (Wildman–Crippen MR) is 98.1 cm³/mol. The number of rotatable bonds is 3. The Morgan fingerprint density at radius 2 is 2.11 bits per heavy atom. The van der Waals surface area contributed by atoms with E-state index in [1.165, 1.54) is 28.7 Å². The summed E-state index contributed by atoms with van der Waals surface area (Å²) in [6, 6.07) is 0.158. The van der Waals surface area contributed by atoms with E-state index in [1.54, 1.807) is 20.8 Å². The minimum atomic E-state index is -2.92. The van der Waals surface area contributed by atoms with Crippen LogP contribution in [0.25, 0.3) is 5.65 Å². The van der Waals surface area contributed by atoms with E-state index in [9.17, 15) is 18.4 Å². The van der Waals surface area contributed by atoms with Crippen LogP contribution in [-0.4, -0.2) is 51.2 Å². The Labute approximate surface area is 164 Å². The first-order chi connectivity index (χ1) is 12.9. The fraction of sp³-hybridized carbons (Fsp3) is 0.529. The molecule has 8 nitrogen and oxygen atoms in total. The van der Waals surface area contributed by atoms with Gasteiger partial charge in [0.25, 0.3) is 11.8 Å². The van der Waals surface area contributed by atoms with Crippen LogP contribution >= 0.6 is 11.6 Å². The molecule has 1 saturated carbocycles. The van der Waals surface area contributed by atoms with Gasteiger partial charge in [-0.05, 0) is 27.2 Å². The van der Waals surface area contributed by atoms with E-state index in [4.69, 9.17) is 16.3 Å². The fourth-order valence-electron chi connectivity index (χ4n) is 2.66. The van der Waals surface area contributed by atoms with E-state index in [1.807, 2.05) is 0 Å². The van der Waals surface area contributed by atoms with Crippen LogP contribution in [0.2, 0.25) is 5.15 Å². The molecule has 0 spiro atoms. The third-order valence-electron chi connectivity index (χ3n) is 4.26. The fourth-order valence-corrected chi connectivity index (χ4v) is 2.84. The summed E-state index contributed by atoms with van der Waals surface area (Å²) in [7, 11) is 1.45. The number of fused-ring (bicyclic) bond motifs is 1. The zero-order chi connectivity index (χ0) is 20.9. The number of anilines is 1. The number of amides is 2. The molecule has 1 aliphatic carbocycles. The quantitative estimate of drug-likeness (QED) is 0.777. The molecule has 0 saturated heterocycles. The van der Waals surface area contributed by atoms with Crippen LogP contribution in [0.4, 0.5) is 19.4 Å². The van der Waals surface area contributed by atoms with Crippen molar-refractivity contribution >= 4 is 35.1 Å². The van der Waals surface area contributed by atoms with Crippen LogP contribution in [0, 0.1) is 0 Å². The highest BCUT2D eigenvalue weighted by molar-refractivity contribution is 6.30. The molecule has 2 amide bonds. The van der Waals surface area contributed by atoms with Crippen LogP contribution in [0.1, 0.15) is 44.0 Å². The van der Waals surface area contributed by atoms with Gasteiger partial charge in [0.2, 0.25) is 0 Å². The Hall–Kier alpha value is -2.49. The van der Waals surface area contributed by atoms with Crippen molar-refractivity contribution in [2.75, 3.05) is 11.9 Å². The van der Waals surface area contributed by atoms with Gasteiger partial charge in [-0.1, -0.05) is 11.6 Å². The van der Waals surface area contributed by atoms with E-state index in [2.05, 4.69) is 15.4 Å². The molecule has 1 N–H and O–H groups in total. The average molecular weight is 416 g/mol. The number of nitrogens with one attached hydrogen (secondary N) is 1. The number of halogens is 3. The topological polar surface area (TPSA) is 88.8 Å². The van der Waals surface area contributed by atoms with Gasteiger partial charge in [-0.3, -0.25) is 9.69 Å². The minimum Gasteiger partial charge on any atom is -0.443 e. The van der Waals surface area contributed by atoms with E-state index >= 15 is 0 Å². The molecule has 1 fully saturated rings. The highest BCUT2D eigenvalue weighted by Gasteiger charge is 2.49. The van der Waals surface area contributed by atoms with Crippen LogP contribution in [0.15, 0.2) is 12.3 Å². The van der Waals surface area contributed by atoms with Crippen LogP contribution in [0.5, 0.6) is 0 Å².